The average molecular weight is 1890 g/mol. The molecule has 24 heteroatoms. The quantitative estimate of drug-likeness (QED) is 0.0505. The van der Waals surface area contributed by atoms with Crippen molar-refractivity contribution in [3.05, 3.63) is 491 Å². The molecule has 0 saturated heterocycles. The molecule has 0 saturated carbocycles. The van der Waals surface area contributed by atoms with Gasteiger partial charge in [-0.15, -0.1) is 0 Å². The van der Waals surface area contributed by atoms with Gasteiger partial charge in [0, 0.05) is 66.8 Å². The predicted octanol–water partition coefficient (Wildman–Crippen LogP) is 16.5. The first kappa shape index (κ1) is 98.9. The molecule has 0 aromatic heterocycles. The van der Waals surface area contributed by atoms with Crippen molar-refractivity contribution in [2.24, 2.45) is 0 Å². The lowest BCUT2D eigenvalue weighted by molar-refractivity contribution is 0.0686. The average Bonchev–Trinajstić information content (AvgIpc) is 0.762. The monoisotopic (exact) mass is 1880 g/mol. The minimum Gasteiger partial charge on any atom is -0.478 e. The van der Waals surface area contributed by atoms with E-state index in [2.05, 4.69) is 142 Å². The number of carboxylic acid groups (broad SMARTS) is 12. The topological polar surface area (TPSA) is 448 Å². The smallest absolute Gasteiger partial charge is 0.335 e. The Morgan fingerprint density at radius 2 is 0.153 bits per heavy atom. The molecule has 0 aliphatic heterocycles. The van der Waals surface area contributed by atoms with E-state index in [1.54, 1.807) is 0 Å². The Labute approximate surface area is 819 Å². The molecule has 0 amide bonds. The molecule has 0 aliphatic carbocycles. The third-order valence-corrected chi connectivity index (χ3v) is 20.6. The minimum atomic E-state index is -1.16. The van der Waals surface area contributed by atoms with Crippen molar-refractivity contribution < 1.29 is 119 Å². The Bertz CT molecular complexity index is 6710. The molecule has 0 radical (unpaired) electrons. The zero-order chi connectivity index (χ0) is 103. The molecule has 0 atom stereocenters. The molecule has 144 heavy (non-hydrogen) atoms. The van der Waals surface area contributed by atoms with Crippen molar-refractivity contribution in [2.45, 2.75) is 0 Å². The second-order valence-electron chi connectivity index (χ2n) is 30.1. The third kappa shape index (κ3) is 26.1. The van der Waals surface area contributed by atoms with Crippen LogP contribution in [0.4, 0.5) is 0 Å². The van der Waals surface area contributed by atoms with Crippen LogP contribution in [0, 0.1) is 142 Å². The summed E-state index contributed by atoms with van der Waals surface area (Å²) in [7, 11) is 0. The van der Waals surface area contributed by atoms with Crippen molar-refractivity contribution in [3.8, 4) is 142 Å². The number of hydrogen-bond acceptors (Lipinski definition) is 12. The summed E-state index contributed by atoms with van der Waals surface area (Å²) in [5, 5.41) is 115. The molecule has 0 aliphatic rings. The first-order valence-corrected chi connectivity index (χ1v) is 42.0. The zero-order valence-corrected chi connectivity index (χ0v) is 74.0. The Hall–Kier alpha value is -22.6. The van der Waals surface area contributed by atoms with Gasteiger partial charge in [0.1, 0.15) is 0 Å². The number of rotatable bonds is 12. The van der Waals surface area contributed by atoms with E-state index >= 15 is 0 Å². The normalized spacial score (nSPS) is 9.67. The second kappa shape index (κ2) is 45.9. The van der Waals surface area contributed by atoms with Gasteiger partial charge in [0.15, 0.2) is 0 Å². The van der Waals surface area contributed by atoms with E-state index in [9.17, 15) is 119 Å². The van der Waals surface area contributed by atoms with Crippen molar-refractivity contribution >= 4 is 71.6 Å². The Morgan fingerprint density at radius 3 is 0.201 bits per heavy atom. The lowest BCUT2D eigenvalue weighted by Gasteiger charge is -2.13. The van der Waals surface area contributed by atoms with Crippen molar-refractivity contribution in [1.82, 2.24) is 0 Å². The van der Waals surface area contributed by atoms with E-state index in [1.165, 1.54) is 291 Å². The number of aromatic carboxylic acids is 12. The molecule has 14 aromatic rings. The van der Waals surface area contributed by atoms with E-state index < -0.39 is 71.6 Å². The summed E-state index contributed by atoms with van der Waals surface area (Å²) in [5.74, 6) is 61.0. The molecule has 0 spiro atoms. The van der Waals surface area contributed by atoms with Gasteiger partial charge in [0.2, 0.25) is 0 Å². The molecule has 24 nitrogen and oxygen atoms in total. The number of benzene rings is 14. The Morgan fingerprint density at radius 1 is 0.0972 bits per heavy atom. The fraction of sp³-hybridized carbons (Fsp3) is 0. The highest BCUT2D eigenvalue weighted by Crippen LogP contribution is 2.32. The summed E-state index contributed by atoms with van der Waals surface area (Å²) in [5.41, 5.74) is 6.13. The van der Waals surface area contributed by atoms with Crippen LogP contribution in [0.25, 0.3) is 0 Å². The van der Waals surface area contributed by atoms with Gasteiger partial charge >= 0.3 is 71.6 Å². The Kier molecular flexibility index (Phi) is 31.5. The summed E-state index contributed by atoms with van der Waals surface area (Å²) < 4.78 is 0. The summed E-state index contributed by atoms with van der Waals surface area (Å²) >= 11 is 0. The second-order valence-corrected chi connectivity index (χ2v) is 30.1. The molecular weight excluding hydrogens is 1830 g/mol. The Balaban J connectivity index is 0.000000241. The highest BCUT2D eigenvalue weighted by Gasteiger charge is 2.24. The largest absolute Gasteiger partial charge is 0.478 e. The highest BCUT2D eigenvalue weighted by molar-refractivity contribution is 5.95. The first-order chi connectivity index (χ1) is 69.3. The maximum absolute atomic E-state index is 11.7. The lowest BCUT2D eigenvalue weighted by Crippen LogP contribution is -2.05. The van der Waals surface area contributed by atoms with Gasteiger partial charge in [-0.3, -0.25) is 0 Å². The first-order valence-electron chi connectivity index (χ1n) is 42.0. The summed E-state index contributed by atoms with van der Waals surface area (Å²) in [6, 6.07) is 68.9. The van der Waals surface area contributed by atoms with Crippen LogP contribution in [-0.4, -0.2) is 133 Å². The molecule has 12 N–H and O–H groups in total. The van der Waals surface area contributed by atoms with E-state index in [4.69, 9.17) is 0 Å². The van der Waals surface area contributed by atoms with Crippen LogP contribution in [0.15, 0.2) is 291 Å². The summed E-state index contributed by atoms with van der Waals surface area (Å²) in [4.78, 5) is 141. The maximum Gasteiger partial charge on any atom is 0.335 e. The van der Waals surface area contributed by atoms with E-state index in [0.29, 0.717) is 66.8 Å². The van der Waals surface area contributed by atoms with Crippen LogP contribution in [-0.2, 0) is 0 Å². The fourth-order valence-electron chi connectivity index (χ4n) is 13.0. The molecule has 14 rings (SSSR count). The van der Waals surface area contributed by atoms with Crippen LogP contribution >= 0.6 is 0 Å². The van der Waals surface area contributed by atoms with Crippen LogP contribution in [0.3, 0.4) is 0 Å². The van der Waals surface area contributed by atoms with Gasteiger partial charge in [-0.2, -0.15) is 0 Å². The summed E-state index contributed by atoms with van der Waals surface area (Å²) in [6.07, 6.45) is 0. The van der Waals surface area contributed by atoms with Gasteiger partial charge in [0.05, 0.1) is 134 Å². The van der Waals surface area contributed by atoms with Crippen LogP contribution in [0.2, 0.25) is 0 Å². The van der Waals surface area contributed by atoms with Gasteiger partial charge in [-0.05, 0) is 291 Å². The van der Waals surface area contributed by atoms with E-state index in [0.717, 1.165) is 0 Å². The molecule has 684 valence electrons. The van der Waals surface area contributed by atoms with Crippen LogP contribution < -0.4 is 0 Å². The number of carbonyl (C=O) groups is 12. The molecule has 0 bridgehead atoms. The van der Waals surface area contributed by atoms with Gasteiger partial charge in [-0.1, -0.05) is 142 Å². The van der Waals surface area contributed by atoms with Gasteiger partial charge < -0.3 is 61.3 Å². The molecule has 0 unspecified atom stereocenters. The van der Waals surface area contributed by atoms with Crippen molar-refractivity contribution in [3.63, 3.8) is 0 Å². The fourth-order valence-corrected chi connectivity index (χ4v) is 13.0. The van der Waals surface area contributed by atoms with Gasteiger partial charge in [-0.25, -0.2) is 57.5 Å². The minimum absolute atomic E-state index is 0.00455. The van der Waals surface area contributed by atoms with Crippen molar-refractivity contribution in [1.29, 1.82) is 0 Å². The maximum atomic E-state index is 11.7. The lowest BCUT2D eigenvalue weighted by atomic mass is 9.86. The molecule has 0 heterocycles. The number of carboxylic acids is 12. The highest BCUT2D eigenvalue weighted by atomic mass is 16.4. The van der Waals surface area contributed by atoms with Crippen LogP contribution in [0.1, 0.15) is 258 Å². The van der Waals surface area contributed by atoms with Gasteiger partial charge in [0.25, 0.3) is 0 Å². The van der Waals surface area contributed by atoms with Crippen molar-refractivity contribution in [2.75, 3.05) is 0 Å². The molecular formula is C120H60O24. The SMILES string of the molecule is O=C(O)c1ccc(C#Cc2c(C#Cc3ccc(C(=O)O)cc3)c(C#Cc3ccc(C(=O)O)cc3)c(C#Cc3ccc(C(=O)O)cc3)c(C#Cc3ccc(C(=O)O)cc3)c2C#Cc2ccc(C(=O)O)cc2)cc1.O=C(O)c1ccc(C#Cc2c(C#Cc3ccc(C(=O)O)cc3)c(C#Cc3ccc(C(=O)O)cc3)c(C#Cc3ccc(C(=O)O)cc3)c(C#Cc3ccc(C(=O)O)cc3)c2C#Cc2ccc(C(=O)O)cc2)cc1. The van der Waals surface area contributed by atoms with E-state index in [-0.39, 0.29) is 134 Å². The molecule has 14 aromatic carbocycles. The zero-order valence-electron chi connectivity index (χ0n) is 74.0. The van der Waals surface area contributed by atoms with Crippen LogP contribution in [0.5, 0.6) is 0 Å². The molecule has 0 fully saturated rings. The predicted molar refractivity (Wildman–Crippen MR) is 525 cm³/mol. The standard InChI is InChI=1S/2C60H30O12/c2*61-55(62)43-19-1-37(2-20-43)13-31-49-50(32-14-38-3-21-44(22-4-38)56(63)64)52(34-16-40-7-25-46(26-8-40)58(67)68)54(36-18-42-11-29-48(30-12-42)60(71)72)53(35-17-41-9-27-47(28-10-41)59(69)70)51(49)33-15-39-5-23-45(24-6-39)57(65)66/h2*1-12,19-30H,(H,61,62)(H,63,64)(H,65,66)(H,67,68)(H,69,70)(H,71,72). The van der Waals surface area contributed by atoms with E-state index in [1.807, 2.05) is 0 Å². The summed E-state index contributed by atoms with van der Waals surface area (Å²) in [6.45, 7) is 0. The number of hydrogen-bond donors (Lipinski definition) is 12. The third-order valence-electron chi connectivity index (χ3n) is 20.6.